The molecule has 25 heavy (non-hydrogen) atoms. The molecule has 0 radical (unpaired) electrons. The fourth-order valence-corrected chi connectivity index (χ4v) is 3.48. The predicted octanol–water partition coefficient (Wildman–Crippen LogP) is 1.46. The Morgan fingerprint density at radius 2 is 1.92 bits per heavy atom. The fraction of sp³-hybridized carbons (Fsp3) is 0.500. The highest BCUT2D eigenvalue weighted by Crippen LogP contribution is 2.18. The molecule has 0 saturated carbocycles. The number of amides is 3. The summed E-state index contributed by atoms with van der Waals surface area (Å²) in [5.41, 5.74) is 0. The first-order valence-electron chi connectivity index (χ1n) is 8.20. The first-order valence-corrected chi connectivity index (χ1v) is 9.02. The summed E-state index contributed by atoms with van der Waals surface area (Å²) in [6, 6.07) is 3.68. The molecule has 0 aromatic carbocycles. The molecule has 1 fully saturated rings. The van der Waals surface area contributed by atoms with Crippen LogP contribution in [0.25, 0.3) is 0 Å². The van der Waals surface area contributed by atoms with Crippen molar-refractivity contribution in [2.75, 3.05) is 32.7 Å². The molecule has 3 rings (SSSR count). The van der Waals surface area contributed by atoms with Crippen LogP contribution < -0.4 is 5.32 Å². The molecule has 0 bridgehead atoms. The van der Waals surface area contributed by atoms with E-state index >= 15 is 0 Å². The summed E-state index contributed by atoms with van der Waals surface area (Å²) in [5.74, 6) is 1.15. The van der Waals surface area contributed by atoms with E-state index in [1.54, 1.807) is 16.7 Å². The number of nitrogens with one attached hydrogen (secondary N) is 1. The molecule has 0 spiro atoms. The molecule has 1 aliphatic heterocycles. The van der Waals surface area contributed by atoms with Crippen molar-refractivity contribution in [1.29, 1.82) is 0 Å². The molecule has 0 atom stereocenters. The number of aryl methyl sites for hydroxylation is 2. The third kappa shape index (κ3) is 4.36. The van der Waals surface area contributed by atoms with Gasteiger partial charge in [-0.05, 0) is 26.0 Å². The van der Waals surface area contributed by atoms with Crippen LogP contribution in [0.2, 0.25) is 0 Å². The van der Waals surface area contributed by atoms with E-state index < -0.39 is 0 Å². The van der Waals surface area contributed by atoms with Gasteiger partial charge < -0.3 is 19.6 Å². The lowest BCUT2D eigenvalue weighted by molar-refractivity contribution is 0.0670. The maximum atomic E-state index is 12.4. The number of carbonyl (C=O) groups excluding carboxylic acids is 2. The average Bonchev–Trinajstić information content (AvgIpc) is 3.22. The van der Waals surface area contributed by atoms with E-state index in [1.807, 2.05) is 19.1 Å². The van der Waals surface area contributed by atoms with E-state index in [9.17, 15) is 9.59 Å². The van der Waals surface area contributed by atoms with Crippen LogP contribution in [0.5, 0.6) is 0 Å². The molecule has 3 heterocycles. The summed E-state index contributed by atoms with van der Waals surface area (Å²) in [6.45, 7) is 6.33. The van der Waals surface area contributed by atoms with E-state index in [1.165, 1.54) is 11.3 Å². The van der Waals surface area contributed by atoms with Crippen LogP contribution in [0, 0.1) is 13.8 Å². The molecule has 2 aromatic rings. The smallest absolute Gasteiger partial charge is 0.317 e. The third-order valence-corrected chi connectivity index (χ3v) is 4.98. The second-order valence-corrected chi connectivity index (χ2v) is 7.19. The molecule has 1 saturated heterocycles. The van der Waals surface area contributed by atoms with Gasteiger partial charge in [-0.3, -0.25) is 4.79 Å². The Hall–Kier alpha value is -2.42. The zero-order valence-corrected chi connectivity index (χ0v) is 15.1. The van der Waals surface area contributed by atoms with Crippen LogP contribution in [0.3, 0.4) is 0 Å². The van der Waals surface area contributed by atoms with Gasteiger partial charge in [-0.15, -0.1) is 11.3 Å². The van der Waals surface area contributed by atoms with Crippen molar-refractivity contribution in [2.24, 2.45) is 0 Å². The van der Waals surface area contributed by atoms with E-state index in [2.05, 4.69) is 15.5 Å². The Labute approximate surface area is 149 Å². The zero-order valence-electron chi connectivity index (χ0n) is 14.3. The second kappa shape index (κ2) is 7.64. The second-order valence-electron chi connectivity index (χ2n) is 5.91. The molecule has 1 N–H and O–H groups in total. The minimum absolute atomic E-state index is 0.0462. The first-order chi connectivity index (χ1) is 12.0. The largest absolute Gasteiger partial charge is 0.339 e. The maximum Gasteiger partial charge on any atom is 0.317 e. The van der Waals surface area contributed by atoms with Gasteiger partial charge in [0.05, 0.1) is 4.88 Å². The van der Waals surface area contributed by atoms with Gasteiger partial charge in [0.25, 0.3) is 5.91 Å². The van der Waals surface area contributed by atoms with E-state index in [0.29, 0.717) is 50.9 Å². The quantitative estimate of drug-likeness (QED) is 0.888. The van der Waals surface area contributed by atoms with Crippen molar-refractivity contribution >= 4 is 23.3 Å². The van der Waals surface area contributed by atoms with Crippen molar-refractivity contribution in [3.63, 3.8) is 0 Å². The summed E-state index contributed by atoms with van der Waals surface area (Å²) in [6.07, 6.45) is 0.503. The Kier molecular flexibility index (Phi) is 5.32. The number of aromatic nitrogens is 2. The summed E-state index contributed by atoms with van der Waals surface area (Å²) < 4.78 is 5.01. The molecule has 0 aliphatic carbocycles. The topological polar surface area (TPSA) is 91.6 Å². The first kappa shape index (κ1) is 17.4. The lowest BCUT2D eigenvalue weighted by atomic mass is 10.3. The minimum atomic E-state index is -0.129. The average molecular weight is 363 g/mol. The number of hydrogen-bond acceptors (Lipinski definition) is 6. The predicted molar refractivity (Wildman–Crippen MR) is 92.7 cm³/mol. The van der Waals surface area contributed by atoms with Gasteiger partial charge in [0.15, 0.2) is 5.82 Å². The number of rotatable bonds is 4. The van der Waals surface area contributed by atoms with Crippen molar-refractivity contribution in [3.8, 4) is 0 Å². The van der Waals surface area contributed by atoms with Crippen molar-refractivity contribution in [3.05, 3.63) is 33.6 Å². The van der Waals surface area contributed by atoms with Crippen LogP contribution >= 0.6 is 11.3 Å². The Balaban J connectivity index is 1.42. The van der Waals surface area contributed by atoms with Gasteiger partial charge in [-0.2, -0.15) is 4.98 Å². The number of hydrogen-bond donors (Lipinski definition) is 1. The van der Waals surface area contributed by atoms with E-state index in [-0.39, 0.29) is 11.9 Å². The molecule has 3 amide bonds. The molecule has 8 nitrogen and oxygen atoms in total. The SMILES string of the molecule is Cc1noc(CCNC(=O)N2CCN(C(=O)c3ccc(C)s3)CC2)n1. The van der Waals surface area contributed by atoms with Gasteiger partial charge in [0, 0.05) is 44.0 Å². The van der Waals surface area contributed by atoms with Crippen molar-refractivity contribution in [1.82, 2.24) is 25.3 Å². The Morgan fingerprint density at radius 1 is 1.20 bits per heavy atom. The highest BCUT2D eigenvalue weighted by molar-refractivity contribution is 7.13. The minimum Gasteiger partial charge on any atom is -0.339 e. The van der Waals surface area contributed by atoms with E-state index in [4.69, 9.17) is 4.52 Å². The molecule has 0 unspecified atom stereocenters. The fourth-order valence-electron chi connectivity index (χ4n) is 2.65. The van der Waals surface area contributed by atoms with Crippen LogP contribution in [0.4, 0.5) is 4.79 Å². The zero-order chi connectivity index (χ0) is 17.8. The lowest BCUT2D eigenvalue weighted by Crippen LogP contribution is -2.53. The van der Waals surface area contributed by atoms with Gasteiger partial charge in [-0.1, -0.05) is 5.16 Å². The summed E-state index contributed by atoms with van der Waals surface area (Å²) >= 11 is 1.50. The molecule has 134 valence electrons. The summed E-state index contributed by atoms with van der Waals surface area (Å²) in [4.78, 5) is 34.1. The van der Waals surface area contributed by atoms with Crippen LogP contribution in [0.15, 0.2) is 16.7 Å². The van der Waals surface area contributed by atoms with Crippen molar-refractivity contribution in [2.45, 2.75) is 20.3 Å². The van der Waals surface area contributed by atoms with Crippen LogP contribution in [-0.2, 0) is 6.42 Å². The van der Waals surface area contributed by atoms with Gasteiger partial charge >= 0.3 is 6.03 Å². The standard InChI is InChI=1S/C16H21N5O3S/c1-11-3-4-13(25-11)15(22)20-7-9-21(10-8-20)16(23)17-6-5-14-18-12(2)19-24-14/h3-4H,5-10H2,1-2H3,(H,17,23). The number of urea groups is 1. The number of piperazine rings is 1. The number of thiophene rings is 1. The molecule has 2 aromatic heterocycles. The molecular formula is C16H21N5O3S. The Bertz CT molecular complexity index is 749. The highest BCUT2D eigenvalue weighted by atomic mass is 32.1. The van der Waals surface area contributed by atoms with Crippen LogP contribution in [0.1, 0.15) is 26.3 Å². The molecule has 9 heteroatoms. The van der Waals surface area contributed by atoms with Crippen LogP contribution in [-0.4, -0.2) is 64.6 Å². The van der Waals surface area contributed by atoms with Crippen molar-refractivity contribution < 1.29 is 14.1 Å². The summed E-state index contributed by atoms with van der Waals surface area (Å²) in [5, 5.41) is 6.56. The monoisotopic (exact) mass is 363 g/mol. The number of carbonyl (C=O) groups is 2. The van der Waals surface area contributed by atoms with E-state index in [0.717, 1.165) is 9.75 Å². The lowest BCUT2D eigenvalue weighted by Gasteiger charge is -2.34. The third-order valence-electron chi connectivity index (χ3n) is 3.99. The van der Waals surface area contributed by atoms with Gasteiger partial charge in [0.1, 0.15) is 0 Å². The normalized spacial score (nSPS) is 14.6. The molecule has 1 aliphatic rings. The molecular weight excluding hydrogens is 342 g/mol. The Morgan fingerprint density at radius 3 is 2.52 bits per heavy atom. The highest BCUT2D eigenvalue weighted by Gasteiger charge is 2.25. The van der Waals surface area contributed by atoms with Gasteiger partial charge in [-0.25, -0.2) is 4.79 Å². The van der Waals surface area contributed by atoms with Gasteiger partial charge in [0.2, 0.25) is 5.89 Å². The summed E-state index contributed by atoms with van der Waals surface area (Å²) in [7, 11) is 0. The number of nitrogens with zero attached hydrogens (tertiary/aromatic N) is 4. The maximum absolute atomic E-state index is 12.4.